The Kier molecular flexibility index (Phi) is 33.6. The number of phosphoric ester groups is 2. The number of unbranched alkanes of at least 4 members (excludes halogenated alkanes) is 20. The Morgan fingerprint density at radius 3 is 1.43 bits per heavy atom. The summed E-state index contributed by atoms with van der Waals surface area (Å²) >= 11 is 1.00. The summed E-state index contributed by atoms with van der Waals surface area (Å²) < 4.78 is 137. The van der Waals surface area contributed by atoms with Crippen molar-refractivity contribution in [2.45, 2.75) is 254 Å². The van der Waals surface area contributed by atoms with E-state index in [1.54, 1.807) is 0 Å². The minimum atomic E-state index is -5.54. The summed E-state index contributed by atoms with van der Waals surface area (Å²) in [5.41, 5.74) is 17.1. The van der Waals surface area contributed by atoms with Gasteiger partial charge in [0.15, 0.2) is 53.1 Å². The van der Waals surface area contributed by atoms with Crippen LogP contribution in [0.5, 0.6) is 0 Å². The maximum absolute atomic E-state index is 14.7. The number of aliphatic hydroxyl groups excluding tert-OH is 1. The first-order chi connectivity index (χ1) is 53.4. The van der Waals surface area contributed by atoms with E-state index in [1.165, 1.54) is 123 Å². The predicted octanol–water partition coefficient (Wildman–Crippen LogP) is 10.4. The molecule has 10 heterocycles. The maximum Gasteiger partial charge on any atom is 0.472 e. The number of carbonyl (C=O) groups is 2. The highest BCUT2D eigenvalue weighted by molar-refractivity contribution is 8.55. The Morgan fingerprint density at radius 1 is 0.523 bits per heavy atom. The lowest BCUT2D eigenvalue weighted by Gasteiger charge is -2.38. The summed E-state index contributed by atoms with van der Waals surface area (Å²) in [4.78, 5) is 109. The van der Waals surface area contributed by atoms with E-state index in [2.05, 4.69) is 58.7 Å². The van der Waals surface area contributed by atoms with E-state index in [4.69, 9.17) is 77.5 Å². The molecule has 10 rings (SSSR count). The fourth-order valence-electron chi connectivity index (χ4n) is 13.9. The topological polar surface area (TPSA) is 532 Å². The lowest BCUT2D eigenvalue weighted by atomic mass is 9.89. The summed E-state index contributed by atoms with van der Waals surface area (Å²) in [5, 5.41) is 12.2. The molecule has 111 heavy (non-hydrogen) atoms. The molecule has 6 aromatic rings. The number of methoxy groups -OCH3 is 1. The molecule has 39 nitrogen and oxygen atoms in total. The van der Waals surface area contributed by atoms with Gasteiger partial charge in [-0.3, -0.25) is 50.4 Å². The van der Waals surface area contributed by atoms with E-state index in [9.17, 15) is 52.5 Å². The number of ether oxygens (including phenoxy) is 7. The van der Waals surface area contributed by atoms with E-state index in [1.807, 2.05) is 0 Å². The van der Waals surface area contributed by atoms with Crippen LogP contribution < -0.4 is 17.2 Å². The zero-order chi connectivity index (χ0) is 79.2. The van der Waals surface area contributed by atoms with Crippen molar-refractivity contribution in [2.75, 3.05) is 75.5 Å². The molecule has 11 N–H and O–H groups in total. The third-order valence-electron chi connectivity index (χ3n) is 19.6. The highest BCUT2D eigenvalue weighted by Crippen LogP contribution is 2.62. The Hall–Kier alpha value is -5.03. The number of phosphoric acid groups is 2. The molecule has 6 aromatic heterocycles. The molecule has 0 aromatic carbocycles. The number of carbonyl (C=O) groups excluding carboxylic acids is 2. The molecule has 0 radical (unpaired) electrons. The number of nitrogens with zero attached hydrogens (tertiary/aromatic N) is 12. The number of imidazole rings is 3. The zero-order valence-electron chi connectivity index (χ0n) is 62.6. The van der Waals surface area contributed by atoms with Gasteiger partial charge in [0, 0.05) is 38.1 Å². The van der Waals surface area contributed by atoms with Crippen LogP contribution in [0.3, 0.4) is 0 Å². The molecular formula is C66H105N15O24P4S2. The number of aromatic nitrogens is 12. The van der Waals surface area contributed by atoms with Crippen molar-refractivity contribution in [1.82, 2.24) is 58.6 Å². The quantitative estimate of drug-likeness (QED) is 0.00999. The molecule has 0 bridgehead atoms. The number of hydrogen-bond acceptors (Lipinski definition) is 34. The second-order valence-electron chi connectivity index (χ2n) is 27.7. The molecule has 0 saturated carbocycles. The van der Waals surface area contributed by atoms with E-state index in [0.717, 1.165) is 63.9 Å². The number of hydrogen-bond donors (Lipinski definition) is 8. The number of esters is 2. The van der Waals surface area contributed by atoms with Gasteiger partial charge < -0.3 is 75.0 Å². The molecule has 620 valence electrons. The van der Waals surface area contributed by atoms with Crippen LogP contribution in [0.15, 0.2) is 38.0 Å². The zero-order valence-corrected chi connectivity index (χ0v) is 67.8. The molecule has 0 aliphatic carbocycles. The fourth-order valence-corrected chi connectivity index (χ4v) is 20.3. The first-order valence-electron chi connectivity index (χ1n) is 37.9. The molecule has 0 amide bonds. The van der Waals surface area contributed by atoms with Crippen molar-refractivity contribution in [3.63, 3.8) is 0 Å². The fraction of sp³-hybridized carbons (Fsp3) is 0.742. The summed E-state index contributed by atoms with van der Waals surface area (Å²) in [5.74, 6) is -1.26. The average molecular weight is 1680 g/mol. The van der Waals surface area contributed by atoms with Crippen molar-refractivity contribution < 1.29 is 113 Å². The van der Waals surface area contributed by atoms with Crippen LogP contribution in [0, 0.1) is 0 Å². The van der Waals surface area contributed by atoms with Crippen LogP contribution in [-0.4, -0.2) is 208 Å². The van der Waals surface area contributed by atoms with E-state index >= 15 is 0 Å². The molecule has 0 spiro atoms. The normalized spacial score (nSPS) is 25.6. The Balaban J connectivity index is 0.781. The Labute approximate surface area is 650 Å². The van der Waals surface area contributed by atoms with Crippen LogP contribution >= 0.6 is 52.0 Å². The number of rotatable bonds is 51. The molecular weight excluding hydrogens is 1570 g/mol. The minimum Gasteiger partial charge on any atom is -0.465 e. The third kappa shape index (κ3) is 24.5. The van der Waals surface area contributed by atoms with E-state index in [-0.39, 0.29) is 108 Å². The average Bonchev–Trinajstić information content (AvgIpc) is 1.58. The summed E-state index contributed by atoms with van der Waals surface area (Å²) in [6, 6.07) is 0. The van der Waals surface area contributed by atoms with Crippen molar-refractivity contribution in [1.29, 1.82) is 0 Å². The first-order valence-corrected chi connectivity index (χ1v) is 47.2. The Morgan fingerprint density at radius 2 is 0.946 bits per heavy atom. The molecule has 45 heteroatoms. The van der Waals surface area contributed by atoms with Crippen molar-refractivity contribution in [3.05, 3.63) is 38.0 Å². The van der Waals surface area contributed by atoms with Gasteiger partial charge in [-0.05, 0) is 48.4 Å². The number of anilines is 3. The third-order valence-corrected chi connectivity index (χ3v) is 27.5. The van der Waals surface area contributed by atoms with Gasteiger partial charge in [-0.2, -0.15) is 0 Å². The summed E-state index contributed by atoms with van der Waals surface area (Å²) in [6.07, 6.45) is 14.7. The van der Waals surface area contributed by atoms with Crippen molar-refractivity contribution in [2.24, 2.45) is 0 Å². The van der Waals surface area contributed by atoms with Gasteiger partial charge in [-0.1, -0.05) is 142 Å². The van der Waals surface area contributed by atoms with Crippen LogP contribution in [0.1, 0.15) is 199 Å². The highest BCUT2D eigenvalue weighted by atomic mass is 32.7. The van der Waals surface area contributed by atoms with Crippen LogP contribution in [0.4, 0.5) is 17.5 Å². The lowest BCUT2D eigenvalue weighted by molar-refractivity contribution is -0.165. The maximum atomic E-state index is 14.7. The number of fused-ring (bicyclic) bond motifs is 4. The van der Waals surface area contributed by atoms with Crippen LogP contribution in [-0.2, 0) is 88.1 Å². The second kappa shape index (κ2) is 42.2. The van der Waals surface area contributed by atoms with E-state index in [0.29, 0.717) is 35.6 Å². The first kappa shape index (κ1) is 88.3. The summed E-state index contributed by atoms with van der Waals surface area (Å²) in [7, 11) is -9.81. The van der Waals surface area contributed by atoms with Crippen LogP contribution in [0.2, 0.25) is 0 Å². The monoisotopic (exact) mass is 1680 g/mol. The van der Waals surface area contributed by atoms with Crippen molar-refractivity contribution in [3.8, 4) is 0 Å². The summed E-state index contributed by atoms with van der Waals surface area (Å²) in [6.45, 7) is -7.71. The number of aliphatic hydroxyl groups is 1. The minimum absolute atomic E-state index is 0.00934. The van der Waals surface area contributed by atoms with Gasteiger partial charge in [0.25, 0.3) is 0 Å². The van der Waals surface area contributed by atoms with Gasteiger partial charge in [-0.25, -0.2) is 63.1 Å². The predicted molar refractivity (Wildman–Crippen MR) is 406 cm³/mol. The molecule has 4 fully saturated rings. The van der Waals surface area contributed by atoms with Gasteiger partial charge in [-0.15, -0.1) is 0 Å². The molecule has 10 unspecified atom stereocenters. The lowest BCUT2D eigenvalue weighted by Crippen LogP contribution is -2.51. The number of nitrogen functional groups attached to an aromatic ring is 3. The van der Waals surface area contributed by atoms with Gasteiger partial charge >= 0.3 is 41.2 Å². The molecule has 4 aliphatic heterocycles. The van der Waals surface area contributed by atoms with Crippen molar-refractivity contribution >= 4 is 115 Å². The van der Waals surface area contributed by atoms with Gasteiger partial charge in [0.1, 0.15) is 103 Å². The SMILES string of the molecule is CCCCCCCCCCCCCC(=O)OCCSP(=O)(O)OC[C@H]1O[C@@H](n2cnc3c(N)ncnc32)C(OP(=O)(O)OC[C@H]2O[C@@H](n3cnc4c(N)ncnc43)C(OP(=O)(O)OC[C@]34CCCOC3C(OP(=O)(O)SCCOC(=O)CCCCCCCCCCCCC)[C@H](n3cnc5c(N)ncnc53)O4)C2O)C1OC. The molecule has 4 saturated heterocycles. The van der Waals surface area contributed by atoms with Crippen LogP contribution in [0.25, 0.3) is 33.5 Å². The highest BCUT2D eigenvalue weighted by Gasteiger charge is 2.62. The number of nitrogens with two attached hydrogens (primary N) is 3. The van der Waals surface area contributed by atoms with Gasteiger partial charge in [0.05, 0.1) is 38.8 Å². The second-order valence-corrected chi connectivity index (χ2v) is 38.5. The Bertz CT molecular complexity index is 4160. The largest absolute Gasteiger partial charge is 0.472 e. The van der Waals surface area contributed by atoms with Gasteiger partial charge in [0.2, 0.25) is 0 Å². The van der Waals surface area contributed by atoms with E-state index < -0.39 is 134 Å². The molecule has 16 atom stereocenters. The smallest absolute Gasteiger partial charge is 0.465 e. The molecule has 4 aliphatic rings. The standard InChI is InChI=1S/C66H105N15O24P4S2/c1-4-6-8-10-12-14-16-18-20-22-24-27-46(82)94-31-33-110-108(89,90)98-36-45-52(93-3)54(64(101-45)80-42-77-49-58(68)71-39-74-61(49)80)104-106(85,86)97-35-44-51(84)53(63(100-44)79-41-76-48-57(67)70-38-73-60(48)79)103-107(87,88)99-37-66-29-26-30-96-56(66)55(65(102-66)81-43-78-50-59(69)72-40-75-62(50)81)105-109(91,92)111-34-32-95-47(83)28-25-23-21-19-17-15-13-11-9-7-5-2/h38-45,51-56,63-65,84H,4-37H2,1-3H3,(H,85,86)(H,87,88)(H,89,90)(H,91,92)(H2,67,70,73)(H2,68,71,74)(H2,69,72,75)/t44-,45-,51?,52?,53?,54?,55?,56?,63-,64-,65-,66-/m1/s1.